The van der Waals surface area contributed by atoms with Gasteiger partial charge in [0.25, 0.3) is 0 Å². The van der Waals surface area contributed by atoms with Gasteiger partial charge in [0.15, 0.2) is 24.0 Å². The average Bonchev–Trinajstić information content (AvgIpc) is 2.76. The summed E-state index contributed by atoms with van der Waals surface area (Å²) in [5.41, 5.74) is 1.30. The molecule has 0 saturated carbocycles. The van der Waals surface area contributed by atoms with Crippen LogP contribution in [0.5, 0.6) is 17.2 Å². The van der Waals surface area contributed by atoms with Crippen molar-refractivity contribution in [3.05, 3.63) is 57.6 Å². The highest BCUT2D eigenvalue weighted by Gasteiger charge is 2.16. The second kappa shape index (κ2) is 11.4. The number of nitro benzene ring substituents is 1. The van der Waals surface area contributed by atoms with Crippen molar-refractivity contribution in [3.63, 3.8) is 0 Å². The number of nitriles is 1. The van der Waals surface area contributed by atoms with E-state index in [1.807, 2.05) is 0 Å². The minimum atomic E-state index is -0.544. The fourth-order valence-corrected chi connectivity index (χ4v) is 2.54. The van der Waals surface area contributed by atoms with Gasteiger partial charge in [0.2, 0.25) is 0 Å². The molecule has 0 unspecified atom stereocenters. The molecule has 0 radical (unpaired) electrons. The molecule has 0 aliphatic carbocycles. The van der Waals surface area contributed by atoms with Gasteiger partial charge in [0, 0.05) is 13.2 Å². The summed E-state index contributed by atoms with van der Waals surface area (Å²) in [6.07, 6.45) is 1.60. The summed E-state index contributed by atoms with van der Waals surface area (Å²) in [7, 11) is 4.57. The van der Waals surface area contributed by atoms with Crippen LogP contribution in [-0.2, 0) is 9.47 Å². The molecule has 0 amide bonds. The first kappa shape index (κ1) is 22.7. The molecule has 0 aliphatic heterocycles. The number of allylic oxidation sites excluding steroid dienone is 1. The number of hydrogen-bond donors (Lipinski definition) is 0. The molecule has 158 valence electrons. The lowest BCUT2D eigenvalue weighted by atomic mass is 10.0. The molecule has 9 nitrogen and oxygen atoms in total. The number of methoxy groups -OCH3 is 3. The normalized spacial score (nSPS) is 10.9. The van der Waals surface area contributed by atoms with Crippen molar-refractivity contribution in [2.24, 2.45) is 0 Å². The van der Waals surface area contributed by atoms with Gasteiger partial charge in [0.05, 0.1) is 44.0 Å². The van der Waals surface area contributed by atoms with Gasteiger partial charge < -0.3 is 23.7 Å². The van der Waals surface area contributed by atoms with E-state index in [1.165, 1.54) is 39.5 Å². The van der Waals surface area contributed by atoms with E-state index >= 15 is 0 Å². The van der Waals surface area contributed by atoms with Crippen LogP contribution in [0.2, 0.25) is 0 Å². The third-order valence-electron chi connectivity index (χ3n) is 4.04. The van der Waals surface area contributed by atoms with Crippen LogP contribution in [0.25, 0.3) is 11.6 Å². The topological polar surface area (TPSA) is 113 Å². The number of benzene rings is 2. The molecule has 0 fully saturated rings. The first-order chi connectivity index (χ1) is 14.5. The van der Waals surface area contributed by atoms with Gasteiger partial charge in [-0.1, -0.05) is 0 Å². The average molecular weight is 414 g/mol. The van der Waals surface area contributed by atoms with E-state index in [4.69, 9.17) is 23.7 Å². The molecule has 0 aromatic heterocycles. The minimum absolute atomic E-state index is 0.0377. The molecule has 0 N–H and O–H groups in total. The summed E-state index contributed by atoms with van der Waals surface area (Å²) >= 11 is 0. The molecule has 2 aromatic rings. The standard InChI is InChI=1S/C21H22N2O7/c1-26-8-9-29-14-30-20-11-15(4-6-18(20)23(24)25)10-17(13-22)16-5-7-19(27-2)21(12-16)28-3/h4-7,10-12H,8-9,14H2,1-3H3/b17-10+. The van der Waals surface area contributed by atoms with Crippen molar-refractivity contribution >= 4 is 17.3 Å². The van der Waals surface area contributed by atoms with Crippen LogP contribution in [-0.4, -0.2) is 46.3 Å². The summed E-state index contributed by atoms with van der Waals surface area (Å²) in [5, 5.41) is 20.9. The number of ether oxygens (including phenoxy) is 5. The minimum Gasteiger partial charge on any atom is -0.493 e. The highest BCUT2D eigenvalue weighted by Crippen LogP contribution is 2.32. The Bertz CT molecular complexity index is 951. The molecule has 30 heavy (non-hydrogen) atoms. The lowest BCUT2D eigenvalue weighted by Gasteiger charge is -2.10. The van der Waals surface area contributed by atoms with Crippen LogP contribution in [0, 0.1) is 21.4 Å². The molecule has 0 atom stereocenters. The van der Waals surface area contributed by atoms with Crippen molar-refractivity contribution < 1.29 is 28.6 Å². The smallest absolute Gasteiger partial charge is 0.311 e. The monoisotopic (exact) mass is 414 g/mol. The van der Waals surface area contributed by atoms with Gasteiger partial charge >= 0.3 is 5.69 Å². The summed E-state index contributed by atoms with van der Waals surface area (Å²) < 4.78 is 26.0. The Morgan fingerprint density at radius 3 is 2.47 bits per heavy atom. The van der Waals surface area contributed by atoms with E-state index in [1.54, 1.807) is 24.3 Å². The molecule has 2 aromatic carbocycles. The molecule has 0 bridgehead atoms. The predicted octanol–water partition coefficient (Wildman–Crippen LogP) is 3.68. The van der Waals surface area contributed by atoms with E-state index in [2.05, 4.69) is 6.07 Å². The van der Waals surface area contributed by atoms with E-state index in [9.17, 15) is 15.4 Å². The summed E-state index contributed by atoms with van der Waals surface area (Å²) in [5.74, 6) is 1.06. The van der Waals surface area contributed by atoms with Crippen molar-refractivity contribution in [2.75, 3.05) is 41.3 Å². The zero-order valence-electron chi connectivity index (χ0n) is 16.9. The molecule has 0 aliphatic rings. The Morgan fingerprint density at radius 1 is 1.07 bits per heavy atom. The van der Waals surface area contributed by atoms with Crippen molar-refractivity contribution in [1.82, 2.24) is 0 Å². The number of hydrogen-bond acceptors (Lipinski definition) is 8. The van der Waals surface area contributed by atoms with Gasteiger partial charge in [-0.25, -0.2) is 0 Å². The quantitative estimate of drug-likeness (QED) is 0.137. The van der Waals surface area contributed by atoms with Gasteiger partial charge in [-0.2, -0.15) is 5.26 Å². The first-order valence-electron chi connectivity index (χ1n) is 8.86. The SMILES string of the molecule is COCCOCOc1cc(/C=C(\C#N)c2ccc(OC)c(OC)c2)ccc1[N+](=O)[O-]. The van der Waals surface area contributed by atoms with Gasteiger partial charge in [-0.15, -0.1) is 0 Å². The molecule has 2 rings (SSSR count). The Balaban J connectivity index is 2.32. The van der Waals surface area contributed by atoms with Crippen LogP contribution in [0.1, 0.15) is 11.1 Å². The molecule has 0 saturated heterocycles. The fourth-order valence-electron chi connectivity index (χ4n) is 2.54. The van der Waals surface area contributed by atoms with E-state index in [0.29, 0.717) is 41.4 Å². The van der Waals surface area contributed by atoms with E-state index < -0.39 is 4.92 Å². The molecule has 9 heteroatoms. The predicted molar refractivity (Wildman–Crippen MR) is 109 cm³/mol. The fraction of sp³-hybridized carbons (Fsp3) is 0.286. The van der Waals surface area contributed by atoms with Gasteiger partial charge in [-0.3, -0.25) is 10.1 Å². The van der Waals surface area contributed by atoms with Crippen LogP contribution in [0.15, 0.2) is 36.4 Å². The van der Waals surface area contributed by atoms with Crippen LogP contribution >= 0.6 is 0 Å². The van der Waals surface area contributed by atoms with E-state index in [-0.39, 0.29) is 18.2 Å². The molecule has 0 heterocycles. The second-order valence-electron chi connectivity index (χ2n) is 5.89. The largest absolute Gasteiger partial charge is 0.493 e. The molecular weight excluding hydrogens is 392 g/mol. The number of nitrogens with zero attached hydrogens (tertiary/aromatic N) is 2. The van der Waals surface area contributed by atoms with Crippen molar-refractivity contribution in [1.29, 1.82) is 5.26 Å². The lowest BCUT2D eigenvalue weighted by Crippen LogP contribution is -2.08. The van der Waals surface area contributed by atoms with Crippen LogP contribution in [0.4, 0.5) is 5.69 Å². The second-order valence-corrected chi connectivity index (χ2v) is 5.89. The zero-order chi connectivity index (χ0) is 21.9. The first-order valence-corrected chi connectivity index (χ1v) is 8.86. The van der Waals surface area contributed by atoms with Gasteiger partial charge in [0.1, 0.15) is 0 Å². The Hall–Kier alpha value is -3.61. The third-order valence-corrected chi connectivity index (χ3v) is 4.04. The number of nitro groups is 1. The highest BCUT2D eigenvalue weighted by molar-refractivity contribution is 5.90. The highest BCUT2D eigenvalue weighted by atomic mass is 16.7. The maximum Gasteiger partial charge on any atom is 0.311 e. The third kappa shape index (κ3) is 5.94. The molecular formula is C21H22N2O7. The van der Waals surface area contributed by atoms with Crippen LogP contribution in [0.3, 0.4) is 0 Å². The van der Waals surface area contributed by atoms with Crippen molar-refractivity contribution in [2.45, 2.75) is 0 Å². The van der Waals surface area contributed by atoms with E-state index in [0.717, 1.165) is 0 Å². The summed E-state index contributed by atoms with van der Waals surface area (Å²) in [4.78, 5) is 10.7. The summed E-state index contributed by atoms with van der Waals surface area (Å²) in [6.45, 7) is 0.505. The molecule has 0 spiro atoms. The Kier molecular flexibility index (Phi) is 8.62. The van der Waals surface area contributed by atoms with Crippen LogP contribution < -0.4 is 14.2 Å². The van der Waals surface area contributed by atoms with Crippen molar-refractivity contribution in [3.8, 4) is 23.3 Å². The van der Waals surface area contributed by atoms with Gasteiger partial charge in [-0.05, 0) is 47.5 Å². The maximum absolute atomic E-state index is 11.3. The lowest BCUT2D eigenvalue weighted by molar-refractivity contribution is -0.386. The maximum atomic E-state index is 11.3. The number of rotatable bonds is 11. The Morgan fingerprint density at radius 2 is 1.83 bits per heavy atom. The Labute approximate surface area is 174 Å². The summed E-state index contributed by atoms with van der Waals surface area (Å²) in [6, 6.07) is 11.6. The zero-order valence-corrected chi connectivity index (χ0v) is 16.9.